The average Bonchev–Trinajstić information content (AvgIpc) is 2.17. The molecule has 4 heteroatoms. The van der Waals surface area contributed by atoms with E-state index in [9.17, 15) is 0 Å². The molecule has 1 fully saturated rings. The normalized spacial score (nSPS) is 34.7. The summed E-state index contributed by atoms with van der Waals surface area (Å²) >= 11 is 1.62. The van der Waals surface area contributed by atoms with Crippen molar-refractivity contribution in [3.05, 3.63) is 11.6 Å². The third kappa shape index (κ3) is 0.347. The first-order valence-corrected chi connectivity index (χ1v) is 5.33. The van der Waals surface area contributed by atoms with E-state index in [1.165, 1.54) is 0 Å². The molecule has 0 amide bonds. The van der Waals surface area contributed by atoms with Crippen LogP contribution in [0.3, 0.4) is 0 Å². The monoisotopic (exact) mass is 150 g/mol. The molecule has 0 spiro atoms. The Morgan fingerprint density at radius 3 is 2.83 bits per heavy atom. The van der Waals surface area contributed by atoms with Crippen LogP contribution in [0, 0.1) is 0 Å². The first kappa shape index (κ1) is 3.47. The summed E-state index contributed by atoms with van der Waals surface area (Å²) in [7, 11) is 0. The SMILES string of the molecule is C1=C[N]2[Zn][N]2S1. The predicted octanol–water partition coefficient (Wildman–Crippen LogP) is 0.565. The predicted molar refractivity (Wildman–Crippen MR) is 20.4 cm³/mol. The van der Waals surface area contributed by atoms with Gasteiger partial charge in [0.2, 0.25) is 0 Å². The molecule has 2 heterocycles. The van der Waals surface area contributed by atoms with Gasteiger partial charge in [0.1, 0.15) is 0 Å². The number of hydrogen-bond donors (Lipinski definition) is 0. The Bertz CT molecular complexity index is 104. The standard InChI is InChI=1S/C2H2N2S.Zn/c1-2-5-4-3-1;/h1-2H;/q-2;+2. The number of hydrogen-bond acceptors (Lipinski definition) is 3. The maximum atomic E-state index is 2.35. The molecule has 0 N–H and O–H groups in total. The zero-order chi connectivity index (χ0) is 3.98. The van der Waals surface area contributed by atoms with Crippen LogP contribution in [0.25, 0.3) is 0 Å². The van der Waals surface area contributed by atoms with Crippen LogP contribution in [0.1, 0.15) is 0 Å². The summed E-state index contributed by atoms with van der Waals surface area (Å²) in [6, 6.07) is 0. The minimum absolute atomic E-state index is 0.212. The molecule has 2 aliphatic heterocycles. The average molecular weight is 152 g/mol. The Balaban J connectivity index is 2.26. The third-order valence-electron chi connectivity index (χ3n) is 0.883. The van der Waals surface area contributed by atoms with Gasteiger partial charge in [-0.05, 0) is 0 Å². The van der Waals surface area contributed by atoms with Gasteiger partial charge in [-0.15, -0.1) is 0 Å². The molecule has 0 saturated carbocycles. The molecule has 1 atom stereocenters. The van der Waals surface area contributed by atoms with Gasteiger partial charge in [-0.25, -0.2) is 0 Å². The molecule has 1 saturated heterocycles. The molecular weight excluding hydrogens is 149 g/mol. The van der Waals surface area contributed by atoms with Gasteiger partial charge in [0, 0.05) is 0 Å². The van der Waals surface area contributed by atoms with E-state index in [2.05, 4.69) is 18.5 Å². The summed E-state index contributed by atoms with van der Waals surface area (Å²) < 4.78 is 4.69. The van der Waals surface area contributed by atoms with Gasteiger partial charge in [-0.2, -0.15) is 0 Å². The second-order valence-corrected chi connectivity index (χ2v) is 6.40. The first-order chi connectivity index (χ1) is 2.97. The molecule has 6 heavy (non-hydrogen) atoms. The van der Waals surface area contributed by atoms with E-state index in [-0.39, 0.29) is 17.6 Å². The molecule has 0 aromatic rings. The van der Waals surface area contributed by atoms with Crippen molar-refractivity contribution in [3.63, 3.8) is 0 Å². The van der Waals surface area contributed by atoms with Crippen LogP contribution in [-0.4, -0.2) is 6.91 Å². The summed E-state index contributed by atoms with van der Waals surface area (Å²) in [6.07, 6.45) is 2.16. The van der Waals surface area contributed by atoms with Crippen molar-refractivity contribution in [3.8, 4) is 0 Å². The number of hydrazine groups is 1. The minimum atomic E-state index is -0.212. The van der Waals surface area contributed by atoms with Gasteiger partial charge in [0.15, 0.2) is 0 Å². The van der Waals surface area contributed by atoms with Gasteiger partial charge in [-0.1, -0.05) is 0 Å². The molecule has 1 unspecified atom stereocenters. The fraction of sp³-hybridized carbons (Fsp3) is 0. The topological polar surface area (TPSA) is 6.02 Å². The van der Waals surface area contributed by atoms with E-state index in [4.69, 9.17) is 0 Å². The van der Waals surface area contributed by atoms with Crippen molar-refractivity contribution in [2.24, 2.45) is 0 Å². The zero-order valence-electron chi connectivity index (χ0n) is 3.16. The summed E-state index contributed by atoms with van der Waals surface area (Å²) in [5, 5.41) is 2.12. The van der Waals surface area contributed by atoms with Crippen molar-refractivity contribution >= 4 is 11.9 Å². The summed E-state index contributed by atoms with van der Waals surface area (Å²) in [5.41, 5.74) is 0. The van der Waals surface area contributed by atoms with E-state index in [0.29, 0.717) is 0 Å². The molecule has 2 nitrogen and oxygen atoms in total. The van der Waals surface area contributed by atoms with E-state index >= 15 is 0 Å². The fourth-order valence-electron chi connectivity index (χ4n) is 0.479. The van der Waals surface area contributed by atoms with Crippen LogP contribution in [0.15, 0.2) is 11.6 Å². The van der Waals surface area contributed by atoms with Gasteiger partial charge >= 0.3 is 48.1 Å². The quantitative estimate of drug-likeness (QED) is 0.284. The second kappa shape index (κ2) is 0.999. The van der Waals surface area contributed by atoms with Crippen LogP contribution in [0.4, 0.5) is 0 Å². The molecule has 2 aliphatic rings. The molecule has 0 aliphatic carbocycles. The van der Waals surface area contributed by atoms with Crippen LogP contribution >= 0.6 is 11.9 Å². The van der Waals surface area contributed by atoms with Crippen LogP contribution in [0.5, 0.6) is 0 Å². The van der Waals surface area contributed by atoms with E-state index < -0.39 is 0 Å². The number of fused-ring (bicyclic) bond motifs is 1. The number of rotatable bonds is 0. The molecule has 28 valence electrons. The Morgan fingerprint density at radius 2 is 2.67 bits per heavy atom. The zero-order valence-corrected chi connectivity index (χ0v) is 6.95. The van der Waals surface area contributed by atoms with Crippen LogP contribution in [-0.2, 0) is 17.6 Å². The maximum absolute atomic E-state index is 2.35. The Kier molecular flexibility index (Phi) is 0.578. The van der Waals surface area contributed by atoms with Crippen molar-refractivity contribution in [2.45, 2.75) is 0 Å². The van der Waals surface area contributed by atoms with Crippen LogP contribution < -0.4 is 0 Å². The molecule has 0 aromatic carbocycles. The Labute approximate surface area is 48.4 Å². The molecular formula is C2H2N2SZn. The van der Waals surface area contributed by atoms with Crippen LogP contribution in [0.2, 0.25) is 0 Å². The Hall–Kier alpha value is 0.473. The molecule has 0 bridgehead atoms. The summed E-state index contributed by atoms with van der Waals surface area (Å²) in [4.78, 5) is 0. The summed E-state index contributed by atoms with van der Waals surface area (Å²) in [5.74, 6) is 0. The molecule has 2 rings (SSSR count). The van der Waals surface area contributed by atoms with Crippen molar-refractivity contribution < 1.29 is 17.6 Å². The van der Waals surface area contributed by atoms with Crippen molar-refractivity contribution in [2.75, 3.05) is 0 Å². The van der Waals surface area contributed by atoms with Gasteiger partial charge in [0.05, 0.1) is 0 Å². The summed E-state index contributed by atoms with van der Waals surface area (Å²) in [6.45, 7) is 0. The Morgan fingerprint density at radius 1 is 1.67 bits per heavy atom. The van der Waals surface area contributed by atoms with Crippen molar-refractivity contribution in [1.82, 2.24) is 6.91 Å². The molecule has 0 aromatic heterocycles. The van der Waals surface area contributed by atoms with Gasteiger partial charge in [-0.3, -0.25) is 0 Å². The first-order valence-electron chi connectivity index (χ1n) is 1.84. The fourth-order valence-corrected chi connectivity index (χ4v) is 4.39. The second-order valence-electron chi connectivity index (χ2n) is 1.32. The van der Waals surface area contributed by atoms with Gasteiger partial charge in [0.25, 0.3) is 0 Å². The van der Waals surface area contributed by atoms with E-state index in [1.54, 1.807) is 0 Å². The van der Waals surface area contributed by atoms with Crippen molar-refractivity contribution in [1.29, 1.82) is 0 Å². The van der Waals surface area contributed by atoms with E-state index in [0.717, 1.165) is 0 Å². The van der Waals surface area contributed by atoms with E-state index in [1.807, 2.05) is 11.9 Å². The van der Waals surface area contributed by atoms with Gasteiger partial charge < -0.3 is 0 Å². The third-order valence-corrected chi connectivity index (χ3v) is 5.81. The number of nitrogens with zero attached hydrogens (tertiary/aromatic N) is 2. The molecule has 0 radical (unpaired) electrons.